The first-order valence-electron chi connectivity index (χ1n) is 6.58. The molecule has 2 atom stereocenters. The molecule has 1 heterocycles. The Morgan fingerprint density at radius 1 is 1.21 bits per heavy atom. The van der Waals surface area contributed by atoms with Gasteiger partial charge < -0.3 is 9.32 Å². The van der Waals surface area contributed by atoms with Crippen LogP contribution in [0.4, 0.5) is 0 Å². The SMILES string of the molecule is CC(C)C(C#N)C(c1coc2ccccc12)N(C)C. The van der Waals surface area contributed by atoms with Crippen LogP contribution in [0.1, 0.15) is 25.5 Å². The summed E-state index contributed by atoms with van der Waals surface area (Å²) in [6.07, 6.45) is 1.79. The van der Waals surface area contributed by atoms with Crippen molar-refractivity contribution < 1.29 is 4.42 Å². The fourth-order valence-electron chi connectivity index (χ4n) is 2.60. The monoisotopic (exact) mass is 256 g/mol. The topological polar surface area (TPSA) is 40.2 Å². The molecule has 1 aromatic carbocycles. The zero-order valence-corrected chi connectivity index (χ0v) is 11.9. The van der Waals surface area contributed by atoms with Crippen molar-refractivity contribution in [2.24, 2.45) is 11.8 Å². The van der Waals surface area contributed by atoms with Crippen molar-refractivity contribution in [2.75, 3.05) is 14.1 Å². The van der Waals surface area contributed by atoms with Crippen LogP contribution in [-0.4, -0.2) is 19.0 Å². The minimum absolute atomic E-state index is 0.0497. The quantitative estimate of drug-likeness (QED) is 0.834. The van der Waals surface area contributed by atoms with Crippen molar-refractivity contribution in [3.05, 3.63) is 36.1 Å². The van der Waals surface area contributed by atoms with Gasteiger partial charge in [-0.3, -0.25) is 0 Å². The molecule has 0 saturated heterocycles. The fraction of sp³-hybridized carbons (Fsp3) is 0.438. The van der Waals surface area contributed by atoms with Gasteiger partial charge in [-0.25, -0.2) is 0 Å². The molecule has 2 rings (SSSR count). The van der Waals surface area contributed by atoms with E-state index >= 15 is 0 Å². The van der Waals surface area contributed by atoms with Crippen LogP contribution in [0.25, 0.3) is 11.0 Å². The zero-order chi connectivity index (χ0) is 14.0. The lowest BCUT2D eigenvalue weighted by Gasteiger charge is -2.30. The third-order valence-electron chi connectivity index (χ3n) is 3.59. The number of para-hydroxylation sites is 1. The average molecular weight is 256 g/mol. The number of nitriles is 1. The van der Waals surface area contributed by atoms with E-state index in [4.69, 9.17) is 4.42 Å². The van der Waals surface area contributed by atoms with E-state index in [0.717, 1.165) is 16.5 Å². The van der Waals surface area contributed by atoms with E-state index in [1.165, 1.54) is 0 Å². The maximum Gasteiger partial charge on any atom is 0.134 e. The van der Waals surface area contributed by atoms with Crippen LogP contribution in [-0.2, 0) is 0 Å². The van der Waals surface area contributed by atoms with E-state index in [1.54, 1.807) is 6.26 Å². The summed E-state index contributed by atoms with van der Waals surface area (Å²) in [5.41, 5.74) is 1.98. The number of rotatable bonds is 4. The first-order valence-corrected chi connectivity index (χ1v) is 6.58. The molecule has 100 valence electrons. The highest BCUT2D eigenvalue weighted by Gasteiger charge is 2.30. The lowest BCUT2D eigenvalue weighted by atomic mass is 9.85. The summed E-state index contributed by atoms with van der Waals surface area (Å²) in [6.45, 7) is 4.18. The van der Waals surface area contributed by atoms with E-state index in [9.17, 15) is 5.26 Å². The molecule has 0 amide bonds. The molecule has 0 N–H and O–H groups in total. The Balaban J connectivity index is 2.54. The highest BCUT2D eigenvalue weighted by molar-refractivity contribution is 5.81. The van der Waals surface area contributed by atoms with Crippen molar-refractivity contribution in [1.29, 1.82) is 5.26 Å². The summed E-state index contributed by atoms with van der Waals surface area (Å²) in [7, 11) is 4.03. The van der Waals surface area contributed by atoms with Crippen LogP contribution in [0.15, 0.2) is 34.9 Å². The maximum absolute atomic E-state index is 9.48. The Bertz CT molecular complexity index is 592. The third kappa shape index (κ3) is 2.50. The van der Waals surface area contributed by atoms with Crippen LogP contribution < -0.4 is 0 Å². The van der Waals surface area contributed by atoms with E-state index < -0.39 is 0 Å². The molecule has 2 aromatic rings. The van der Waals surface area contributed by atoms with Gasteiger partial charge in [-0.15, -0.1) is 0 Å². The second kappa shape index (κ2) is 5.46. The molecule has 3 nitrogen and oxygen atoms in total. The standard InChI is InChI=1S/C16H20N2O/c1-11(2)13(9-17)16(18(3)4)14-10-19-15-8-6-5-7-12(14)15/h5-8,10-11,13,16H,1-4H3. The lowest BCUT2D eigenvalue weighted by Crippen LogP contribution is -2.29. The second-order valence-corrected chi connectivity index (χ2v) is 5.49. The minimum atomic E-state index is -0.0593. The summed E-state index contributed by atoms with van der Waals surface area (Å²) in [5, 5.41) is 10.6. The number of fused-ring (bicyclic) bond motifs is 1. The van der Waals surface area contributed by atoms with Crippen molar-refractivity contribution in [3.8, 4) is 6.07 Å². The third-order valence-corrected chi connectivity index (χ3v) is 3.59. The molecule has 0 aliphatic rings. The Labute approximate surface area is 114 Å². The van der Waals surface area contributed by atoms with Gasteiger partial charge in [-0.2, -0.15) is 5.26 Å². The normalized spacial score (nSPS) is 14.8. The van der Waals surface area contributed by atoms with E-state index in [0.29, 0.717) is 5.92 Å². The van der Waals surface area contributed by atoms with Gasteiger partial charge in [0.15, 0.2) is 0 Å². The van der Waals surface area contributed by atoms with Gasteiger partial charge in [0.2, 0.25) is 0 Å². The van der Waals surface area contributed by atoms with E-state index in [-0.39, 0.29) is 12.0 Å². The van der Waals surface area contributed by atoms with E-state index in [1.807, 2.05) is 32.3 Å². The molecule has 0 aliphatic heterocycles. The number of furan rings is 1. The van der Waals surface area contributed by atoms with Crippen molar-refractivity contribution in [1.82, 2.24) is 4.90 Å². The van der Waals surface area contributed by atoms with Crippen LogP contribution in [0, 0.1) is 23.2 Å². The molecule has 0 fully saturated rings. The fourth-order valence-corrected chi connectivity index (χ4v) is 2.60. The molecule has 0 radical (unpaired) electrons. The van der Waals surface area contributed by atoms with Gasteiger partial charge in [0.05, 0.1) is 24.3 Å². The van der Waals surface area contributed by atoms with Gasteiger partial charge in [-0.1, -0.05) is 32.0 Å². The molecule has 0 saturated carbocycles. The number of benzene rings is 1. The minimum Gasteiger partial charge on any atom is -0.464 e. The Kier molecular flexibility index (Phi) is 3.92. The predicted molar refractivity (Wildman–Crippen MR) is 76.6 cm³/mol. The highest BCUT2D eigenvalue weighted by Crippen LogP contribution is 2.36. The molecule has 0 aliphatic carbocycles. The highest BCUT2D eigenvalue weighted by atomic mass is 16.3. The van der Waals surface area contributed by atoms with Crippen molar-refractivity contribution in [3.63, 3.8) is 0 Å². The zero-order valence-electron chi connectivity index (χ0n) is 11.9. The number of hydrogen-bond donors (Lipinski definition) is 0. The van der Waals surface area contributed by atoms with Crippen LogP contribution in [0.3, 0.4) is 0 Å². The van der Waals surface area contributed by atoms with Crippen LogP contribution >= 0.6 is 0 Å². The van der Waals surface area contributed by atoms with Crippen LogP contribution in [0.5, 0.6) is 0 Å². The Morgan fingerprint density at radius 3 is 2.47 bits per heavy atom. The summed E-state index contributed by atoms with van der Waals surface area (Å²) >= 11 is 0. The smallest absolute Gasteiger partial charge is 0.134 e. The van der Waals surface area contributed by atoms with Gasteiger partial charge >= 0.3 is 0 Å². The van der Waals surface area contributed by atoms with Crippen LogP contribution in [0.2, 0.25) is 0 Å². The number of hydrogen-bond acceptors (Lipinski definition) is 3. The Morgan fingerprint density at radius 2 is 1.89 bits per heavy atom. The van der Waals surface area contributed by atoms with Crippen molar-refractivity contribution >= 4 is 11.0 Å². The molecule has 1 aromatic heterocycles. The van der Waals surface area contributed by atoms with Crippen molar-refractivity contribution in [2.45, 2.75) is 19.9 Å². The Hall–Kier alpha value is -1.79. The summed E-state index contributed by atoms with van der Waals surface area (Å²) in [4.78, 5) is 2.10. The molecule has 0 bridgehead atoms. The first-order chi connectivity index (χ1) is 9.06. The first kappa shape index (κ1) is 13.6. The average Bonchev–Trinajstić information content (AvgIpc) is 2.78. The largest absolute Gasteiger partial charge is 0.464 e. The summed E-state index contributed by atoms with van der Waals surface area (Å²) in [5.74, 6) is 0.238. The lowest BCUT2D eigenvalue weighted by molar-refractivity contribution is 0.210. The van der Waals surface area contributed by atoms with E-state index in [2.05, 4.69) is 30.9 Å². The van der Waals surface area contributed by atoms with Gasteiger partial charge in [0.25, 0.3) is 0 Å². The molecular formula is C16H20N2O. The molecular weight excluding hydrogens is 236 g/mol. The molecule has 19 heavy (non-hydrogen) atoms. The molecule has 3 heteroatoms. The molecule has 2 unspecified atom stereocenters. The summed E-state index contributed by atoms with van der Waals surface area (Å²) < 4.78 is 5.62. The molecule has 0 spiro atoms. The maximum atomic E-state index is 9.48. The second-order valence-electron chi connectivity index (χ2n) is 5.49. The van der Waals surface area contributed by atoms with Gasteiger partial charge in [0, 0.05) is 10.9 Å². The van der Waals surface area contributed by atoms with Gasteiger partial charge in [0.1, 0.15) is 5.58 Å². The predicted octanol–water partition coefficient (Wildman–Crippen LogP) is 3.83. The number of nitrogens with zero attached hydrogens (tertiary/aromatic N) is 2. The van der Waals surface area contributed by atoms with Gasteiger partial charge in [-0.05, 0) is 26.1 Å². The summed E-state index contributed by atoms with van der Waals surface area (Å²) in [6, 6.07) is 10.5.